The molecule has 0 bridgehead atoms. The Morgan fingerprint density at radius 2 is 2.20 bits per heavy atom. The molecule has 2 aromatic rings. The molecule has 8 heteroatoms. The minimum absolute atomic E-state index is 0.259. The van der Waals surface area contributed by atoms with E-state index in [2.05, 4.69) is 4.98 Å². The number of hydrogen-bond acceptors (Lipinski definition) is 6. The van der Waals surface area contributed by atoms with Gasteiger partial charge in [0.15, 0.2) is 5.78 Å². The van der Waals surface area contributed by atoms with Crippen LogP contribution >= 0.6 is 11.3 Å². The smallest absolute Gasteiger partial charge is 0.292 e. The van der Waals surface area contributed by atoms with Crippen molar-refractivity contribution in [3.05, 3.63) is 54.4 Å². The van der Waals surface area contributed by atoms with Gasteiger partial charge in [0, 0.05) is 15.3 Å². The third kappa shape index (κ3) is 2.80. The van der Waals surface area contributed by atoms with Gasteiger partial charge in [-0.3, -0.25) is 19.5 Å². The predicted molar refractivity (Wildman–Crippen MR) is 73.3 cm³/mol. The summed E-state index contributed by atoms with van der Waals surface area (Å²) in [6.07, 6.45) is 1.91. The molecule has 0 unspecified atom stereocenters. The Balaban J connectivity index is 2.32. The van der Waals surface area contributed by atoms with E-state index >= 15 is 0 Å². The summed E-state index contributed by atoms with van der Waals surface area (Å²) in [5.74, 6) is -0.267. The molecule has 0 aliphatic rings. The van der Waals surface area contributed by atoms with Crippen molar-refractivity contribution < 1.29 is 9.72 Å². The molecule has 20 heavy (non-hydrogen) atoms. The molecule has 2 aromatic heterocycles. The molecule has 0 amide bonds. The Kier molecular flexibility index (Phi) is 3.75. The lowest BCUT2D eigenvalue weighted by Gasteiger charge is -2.03. The molecule has 2 heterocycles. The van der Waals surface area contributed by atoms with E-state index in [1.165, 1.54) is 11.3 Å². The van der Waals surface area contributed by atoms with Crippen LogP contribution in [0.2, 0.25) is 0 Å². The third-order valence-electron chi connectivity index (χ3n) is 2.71. The van der Waals surface area contributed by atoms with Crippen molar-refractivity contribution in [2.45, 2.75) is 20.4 Å². The second-order valence-corrected chi connectivity index (χ2v) is 5.69. The van der Waals surface area contributed by atoms with E-state index < -0.39 is 10.6 Å². The molecule has 0 atom stereocenters. The Hall–Kier alpha value is -2.35. The van der Waals surface area contributed by atoms with Gasteiger partial charge in [-0.1, -0.05) is 0 Å². The molecule has 104 valence electrons. The predicted octanol–water partition coefficient (Wildman–Crippen LogP) is 1.71. The largest absolute Gasteiger partial charge is 0.348 e. The molecule has 0 fully saturated rings. The van der Waals surface area contributed by atoms with Gasteiger partial charge in [-0.15, -0.1) is 11.3 Å². The number of carbonyl (C=O) groups excluding carboxylic acids is 1. The molecule has 0 saturated carbocycles. The molecular formula is C12H11N3O4S. The lowest BCUT2D eigenvalue weighted by molar-refractivity contribution is -0.385. The molecular weight excluding hydrogens is 282 g/mol. The quantitative estimate of drug-likeness (QED) is 0.486. The number of nitrogens with zero attached hydrogens (tertiary/aromatic N) is 3. The average Bonchev–Trinajstić information content (AvgIpc) is 2.71. The van der Waals surface area contributed by atoms with Gasteiger partial charge in [0.2, 0.25) is 0 Å². The summed E-state index contributed by atoms with van der Waals surface area (Å²) in [5, 5.41) is 10.6. The number of nitro groups is 1. The van der Waals surface area contributed by atoms with Crippen LogP contribution < -0.4 is 5.69 Å². The van der Waals surface area contributed by atoms with Crippen molar-refractivity contribution in [3.8, 4) is 0 Å². The van der Waals surface area contributed by atoms with Gasteiger partial charge in [0.05, 0.1) is 17.7 Å². The summed E-state index contributed by atoms with van der Waals surface area (Å²) in [6.45, 7) is 3.44. The Labute approximate surface area is 117 Å². The zero-order valence-electron chi connectivity index (χ0n) is 10.8. The first-order valence-electron chi connectivity index (χ1n) is 5.69. The van der Waals surface area contributed by atoms with Crippen LogP contribution in [-0.2, 0) is 6.54 Å². The van der Waals surface area contributed by atoms with Crippen LogP contribution in [0, 0.1) is 24.0 Å². The van der Waals surface area contributed by atoms with E-state index in [9.17, 15) is 19.7 Å². The highest BCUT2D eigenvalue weighted by Crippen LogP contribution is 2.21. The maximum atomic E-state index is 12.1. The Morgan fingerprint density at radius 1 is 1.50 bits per heavy atom. The van der Waals surface area contributed by atoms with E-state index in [0.717, 1.165) is 26.7 Å². The number of rotatable bonds is 4. The van der Waals surface area contributed by atoms with Crippen LogP contribution in [0.15, 0.2) is 23.3 Å². The summed E-state index contributed by atoms with van der Waals surface area (Å²) < 4.78 is 0.951. The maximum Gasteiger partial charge on any atom is 0.348 e. The zero-order chi connectivity index (χ0) is 14.9. The Bertz CT molecular complexity index is 747. The van der Waals surface area contributed by atoms with Crippen molar-refractivity contribution >= 4 is 22.8 Å². The van der Waals surface area contributed by atoms with Crippen molar-refractivity contribution in [1.29, 1.82) is 0 Å². The van der Waals surface area contributed by atoms with Gasteiger partial charge in [-0.25, -0.2) is 4.79 Å². The highest BCUT2D eigenvalue weighted by molar-refractivity contribution is 7.12. The summed E-state index contributed by atoms with van der Waals surface area (Å²) in [6, 6.07) is 1.75. The van der Waals surface area contributed by atoms with E-state index in [1.54, 1.807) is 6.07 Å². The Morgan fingerprint density at radius 3 is 2.75 bits per heavy atom. The summed E-state index contributed by atoms with van der Waals surface area (Å²) >= 11 is 1.49. The number of aryl methyl sites for hydroxylation is 2. The number of carbonyl (C=O) groups is 1. The van der Waals surface area contributed by atoms with Gasteiger partial charge in [-0.05, 0) is 19.9 Å². The first-order chi connectivity index (χ1) is 9.38. The minimum atomic E-state index is -0.687. The molecule has 0 aliphatic carbocycles. The van der Waals surface area contributed by atoms with Crippen LogP contribution in [0.5, 0.6) is 0 Å². The normalized spacial score (nSPS) is 10.5. The second-order valence-electron chi connectivity index (χ2n) is 4.23. The molecule has 2 rings (SSSR count). The first kappa shape index (κ1) is 14.1. The summed E-state index contributed by atoms with van der Waals surface area (Å²) in [4.78, 5) is 38.9. The molecule has 0 saturated heterocycles. The van der Waals surface area contributed by atoms with Crippen molar-refractivity contribution in [3.63, 3.8) is 0 Å². The van der Waals surface area contributed by atoms with Gasteiger partial charge >= 0.3 is 11.4 Å². The monoisotopic (exact) mass is 293 g/mol. The molecule has 0 aliphatic heterocycles. The van der Waals surface area contributed by atoms with Crippen LogP contribution in [0.3, 0.4) is 0 Å². The number of ketones is 1. The second kappa shape index (κ2) is 5.33. The lowest BCUT2D eigenvalue weighted by atomic mass is 10.1. The number of aromatic nitrogens is 2. The number of Topliss-reactive ketones (excluding diaryl/α,β-unsaturated/α-hetero) is 1. The van der Waals surface area contributed by atoms with Crippen LogP contribution in [-0.4, -0.2) is 20.3 Å². The number of hydrogen-bond donors (Lipinski definition) is 0. The van der Waals surface area contributed by atoms with Gasteiger partial charge < -0.3 is 0 Å². The van der Waals surface area contributed by atoms with Crippen LogP contribution in [0.4, 0.5) is 5.69 Å². The van der Waals surface area contributed by atoms with E-state index in [-0.39, 0.29) is 18.0 Å². The van der Waals surface area contributed by atoms with Crippen LogP contribution in [0.1, 0.15) is 20.1 Å². The number of thiophene rings is 1. The molecule has 7 nitrogen and oxygen atoms in total. The third-order valence-corrected chi connectivity index (χ3v) is 3.67. The fourth-order valence-electron chi connectivity index (χ4n) is 1.80. The van der Waals surface area contributed by atoms with E-state index in [0.29, 0.717) is 5.56 Å². The minimum Gasteiger partial charge on any atom is -0.292 e. The van der Waals surface area contributed by atoms with E-state index in [4.69, 9.17) is 0 Å². The zero-order valence-corrected chi connectivity index (χ0v) is 11.6. The van der Waals surface area contributed by atoms with Gasteiger partial charge in [0.1, 0.15) is 6.20 Å². The van der Waals surface area contributed by atoms with Crippen molar-refractivity contribution in [2.24, 2.45) is 0 Å². The lowest BCUT2D eigenvalue weighted by Crippen LogP contribution is -2.26. The summed E-state index contributed by atoms with van der Waals surface area (Å²) in [5.41, 5.74) is -0.477. The van der Waals surface area contributed by atoms with Crippen molar-refractivity contribution in [2.75, 3.05) is 0 Å². The van der Waals surface area contributed by atoms with E-state index in [1.807, 2.05) is 13.8 Å². The highest BCUT2D eigenvalue weighted by atomic mass is 32.1. The molecule has 0 aromatic carbocycles. The molecule has 0 radical (unpaired) electrons. The SMILES string of the molecule is Cc1cc(C(=O)Cn2cc([N+](=O)[O-])cnc2=O)c(C)s1. The van der Waals surface area contributed by atoms with Gasteiger partial charge in [0.25, 0.3) is 0 Å². The fourth-order valence-corrected chi connectivity index (χ4v) is 2.74. The molecule has 0 spiro atoms. The van der Waals surface area contributed by atoms with Crippen molar-refractivity contribution in [1.82, 2.24) is 9.55 Å². The van der Waals surface area contributed by atoms with Gasteiger partial charge in [-0.2, -0.15) is 4.98 Å². The first-order valence-corrected chi connectivity index (χ1v) is 6.51. The topological polar surface area (TPSA) is 95.1 Å². The standard InChI is InChI=1S/C12H11N3O4S/c1-7-3-10(8(2)20-7)11(16)6-14-5-9(15(18)19)4-13-12(14)17/h3-5H,6H2,1-2H3. The average molecular weight is 293 g/mol. The van der Waals surface area contributed by atoms with Crippen LogP contribution in [0.25, 0.3) is 0 Å². The summed E-state index contributed by atoms with van der Waals surface area (Å²) in [7, 11) is 0. The molecule has 0 N–H and O–H groups in total. The fraction of sp³-hybridized carbons (Fsp3) is 0.250. The highest BCUT2D eigenvalue weighted by Gasteiger charge is 2.15. The maximum absolute atomic E-state index is 12.1.